The van der Waals surface area contributed by atoms with Crippen LogP contribution in [0.3, 0.4) is 0 Å². The van der Waals surface area contributed by atoms with E-state index in [1.807, 2.05) is 6.07 Å². The lowest BCUT2D eigenvalue weighted by molar-refractivity contribution is -0.125. The third-order valence-corrected chi connectivity index (χ3v) is 7.66. The van der Waals surface area contributed by atoms with Crippen molar-refractivity contribution in [2.45, 2.75) is 58.5 Å². The van der Waals surface area contributed by atoms with Crippen molar-refractivity contribution in [2.75, 3.05) is 42.5 Å². The molecule has 0 spiro atoms. The van der Waals surface area contributed by atoms with Crippen LogP contribution >= 0.6 is 11.3 Å². The minimum Gasteiger partial charge on any atom is -0.356 e. The van der Waals surface area contributed by atoms with Crippen molar-refractivity contribution >= 4 is 33.4 Å². The molecule has 0 unspecified atom stereocenters. The molecule has 2 saturated heterocycles. The number of hydrogen-bond donors (Lipinski definition) is 1. The molecule has 1 aromatic carbocycles. The van der Waals surface area contributed by atoms with Gasteiger partial charge in [0, 0.05) is 51.7 Å². The van der Waals surface area contributed by atoms with E-state index in [0.29, 0.717) is 30.7 Å². The molecule has 1 N–H and O–H groups in total. The Balaban J connectivity index is 1.22. The largest absolute Gasteiger partial charge is 0.356 e. The zero-order valence-corrected chi connectivity index (χ0v) is 21.1. The van der Waals surface area contributed by atoms with Crippen LogP contribution in [0.2, 0.25) is 0 Å². The number of piperidine rings is 1. The molecule has 8 nitrogen and oxygen atoms in total. The SMILES string of the molecule is CC(C)N(CCCNC(=O)[C@H]1CCCN(c2nnc(N3CCCC3=O)s2)C1)Cc1ccccc1. The maximum Gasteiger partial charge on any atom is 0.228 e. The Morgan fingerprint density at radius 3 is 2.71 bits per heavy atom. The fourth-order valence-electron chi connectivity index (χ4n) is 4.64. The van der Waals surface area contributed by atoms with Crippen molar-refractivity contribution in [1.29, 1.82) is 0 Å². The van der Waals surface area contributed by atoms with Gasteiger partial charge >= 0.3 is 0 Å². The predicted octanol–water partition coefficient (Wildman–Crippen LogP) is 3.30. The fourth-order valence-corrected chi connectivity index (χ4v) is 5.56. The fraction of sp³-hybridized carbons (Fsp3) is 0.600. The lowest BCUT2D eigenvalue weighted by Gasteiger charge is -2.31. The molecule has 0 bridgehead atoms. The zero-order valence-electron chi connectivity index (χ0n) is 20.3. The zero-order chi connectivity index (χ0) is 23.9. The van der Waals surface area contributed by atoms with Gasteiger partial charge in [0.15, 0.2) is 0 Å². The van der Waals surface area contributed by atoms with Crippen LogP contribution in [0.5, 0.6) is 0 Å². The second-order valence-corrected chi connectivity index (χ2v) is 10.4. The van der Waals surface area contributed by atoms with Crippen molar-refractivity contribution in [3.63, 3.8) is 0 Å². The Morgan fingerprint density at radius 1 is 1.18 bits per heavy atom. The highest BCUT2D eigenvalue weighted by molar-refractivity contribution is 7.19. The monoisotopic (exact) mass is 484 g/mol. The molecule has 1 aromatic heterocycles. The average Bonchev–Trinajstić information content (AvgIpc) is 3.50. The van der Waals surface area contributed by atoms with Crippen LogP contribution in [0.4, 0.5) is 10.3 Å². The molecule has 4 rings (SSSR count). The van der Waals surface area contributed by atoms with Crippen molar-refractivity contribution in [3.05, 3.63) is 35.9 Å². The number of nitrogens with zero attached hydrogens (tertiary/aromatic N) is 5. The van der Waals surface area contributed by atoms with E-state index in [9.17, 15) is 9.59 Å². The summed E-state index contributed by atoms with van der Waals surface area (Å²) in [5.41, 5.74) is 1.32. The Hall–Kier alpha value is -2.52. The molecule has 2 aromatic rings. The van der Waals surface area contributed by atoms with Gasteiger partial charge < -0.3 is 10.2 Å². The van der Waals surface area contributed by atoms with Crippen LogP contribution in [-0.4, -0.2) is 65.7 Å². The van der Waals surface area contributed by atoms with Crippen LogP contribution in [0, 0.1) is 5.92 Å². The first-order valence-electron chi connectivity index (χ1n) is 12.5. The topological polar surface area (TPSA) is 81.7 Å². The molecule has 0 saturated carbocycles. The number of carbonyl (C=O) groups is 2. The molecular weight excluding hydrogens is 448 g/mol. The van der Waals surface area contributed by atoms with Gasteiger partial charge in [-0.2, -0.15) is 0 Å². The van der Waals surface area contributed by atoms with Crippen LogP contribution in [-0.2, 0) is 16.1 Å². The van der Waals surface area contributed by atoms with Crippen molar-refractivity contribution in [1.82, 2.24) is 20.4 Å². The van der Waals surface area contributed by atoms with Crippen molar-refractivity contribution < 1.29 is 9.59 Å². The van der Waals surface area contributed by atoms with E-state index in [2.05, 4.69) is 63.4 Å². The van der Waals surface area contributed by atoms with Gasteiger partial charge in [-0.3, -0.25) is 19.4 Å². The number of nitrogens with one attached hydrogen (secondary N) is 1. The minimum atomic E-state index is -0.0416. The molecule has 2 aliphatic heterocycles. The maximum absolute atomic E-state index is 12.9. The summed E-state index contributed by atoms with van der Waals surface area (Å²) in [7, 11) is 0. The Bertz CT molecular complexity index is 950. The third-order valence-electron chi connectivity index (χ3n) is 6.65. The van der Waals surface area contributed by atoms with Crippen molar-refractivity contribution in [2.24, 2.45) is 5.92 Å². The number of carbonyl (C=O) groups excluding carboxylic acids is 2. The van der Waals surface area contributed by atoms with Crippen LogP contribution in [0.1, 0.15) is 51.5 Å². The van der Waals surface area contributed by atoms with E-state index in [-0.39, 0.29) is 17.7 Å². The Kier molecular flexibility index (Phi) is 8.50. The summed E-state index contributed by atoms with van der Waals surface area (Å²) in [5, 5.41) is 13.2. The lowest BCUT2D eigenvalue weighted by Crippen LogP contribution is -2.43. The molecule has 1 atom stereocenters. The van der Waals surface area contributed by atoms with Gasteiger partial charge in [-0.05, 0) is 45.1 Å². The number of aromatic nitrogens is 2. The quantitative estimate of drug-likeness (QED) is 0.521. The summed E-state index contributed by atoms with van der Waals surface area (Å²) >= 11 is 1.45. The number of amides is 2. The van der Waals surface area contributed by atoms with E-state index in [4.69, 9.17) is 0 Å². The van der Waals surface area contributed by atoms with Gasteiger partial charge in [0.05, 0.1) is 5.92 Å². The number of benzene rings is 1. The molecular formula is C25H36N6O2S. The summed E-state index contributed by atoms with van der Waals surface area (Å²) in [4.78, 5) is 31.2. The molecule has 0 aliphatic carbocycles. The standard InChI is InChI=1S/C25H36N6O2S/c1-19(2)29(17-20-9-4-3-5-10-20)15-8-13-26-23(33)21-11-6-14-30(18-21)24-27-28-25(34-24)31-16-7-12-22(31)32/h3-5,9-10,19,21H,6-8,11-18H2,1-2H3,(H,26,33)/t21-/m0/s1. The number of anilines is 2. The van der Waals surface area contributed by atoms with E-state index >= 15 is 0 Å². The third kappa shape index (κ3) is 6.33. The van der Waals surface area contributed by atoms with Crippen LogP contribution < -0.4 is 15.1 Å². The first-order valence-corrected chi connectivity index (χ1v) is 13.3. The van der Waals surface area contributed by atoms with Crippen molar-refractivity contribution in [3.8, 4) is 0 Å². The van der Waals surface area contributed by atoms with E-state index < -0.39 is 0 Å². The number of rotatable bonds is 10. The molecule has 9 heteroatoms. The molecule has 2 fully saturated rings. The molecule has 2 aliphatic rings. The Morgan fingerprint density at radius 2 is 1.97 bits per heavy atom. The van der Waals surface area contributed by atoms with E-state index in [0.717, 1.165) is 57.0 Å². The summed E-state index contributed by atoms with van der Waals surface area (Å²) in [5.74, 6) is 0.210. The average molecular weight is 485 g/mol. The Labute approximate surface area is 206 Å². The maximum atomic E-state index is 12.9. The molecule has 0 radical (unpaired) electrons. The van der Waals surface area contributed by atoms with Gasteiger partial charge in [0.2, 0.25) is 22.1 Å². The van der Waals surface area contributed by atoms with Gasteiger partial charge in [-0.1, -0.05) is 41.7 Å². The lowest BCUT2D eigenvalue weighted by atomic mass is 9.97. The minimum absolute atomic E-state index is 0.0416. The first kappa shape index (κ1) is 24.6. The molecule has 34 heavy (non-hydrogen) atoms. The van der Waals surface area contributed by atoms with Gasteiger partial charge in [0.25, 0.3) is 0 Å². The summed E-state index contributed by atoms with van der Waals surface area (Å²) in [6.45, 7) is 9.25. The number of hydrogen-bond acceptors (Lipinski definition) is 7. The highest BCUT2D eigenvalue weighted by Gasteiger charge is 2.30. The first-order chi connectivity index (χ1) is 16.5. The summed E-state index contributed by atoms with van der Waals surface area (Å²) in [6, 6.07) is 11.0. The van der Waals surface area contributed by atoms with Gasteiger partial charge in [-0.25, -0.2) is 0 Å². The van der Waals surface area contributed by atoms with E-state index in [1.54, 1.807) is 4.90 Å². The summed E-state index contributed by atoms with van der Waals surface area (Å²) < 4.78 is 0. The summed E-state index contributed by atoms with van der Waals surface area (Å²) in [6.07, 6.45) is 4.23. The second-order valence-electron chi connectivity index (χ2n) is 9.50. The van der Waals surface area contributed by atoms with Gasteiger partial charge in [-0.15, -0.1) is 10.2 Å². The highest BCUT2D eigenvalue weighted by atomic mass is 32.1. The highest BCUT2D eigenvalue weighted by Crippen LogP contribution is 2.32. The molecule has 2 amide bonds. The smallest absolute Gasteiger partial charge is 0.228 e. The van der Waals surface area contributed by atoms with Gasteiger partial charge in [0.1, 0.15) is 0 Å². The normalized spacial score (nSPS) is 18.8. The molecule has 3 heterocycles. The van der Waals surface area contributed by atoms with E-state index in [1.165, 1.54) is 16.9 Å². The second kappa shape index (κ2) is 11.8. The predicted molar refractivity (Wildman–Crippen MR) is 136 cm³/mol. The van der Waals surface area contributed by atoms with Crippen LogP contribution in [0.25, 0.3) is 0 Å². The molecule has 184 valence electrons. The van der Waals surface area contributed by atoms with Crippen LogP contribution in [0.15, 0.2) is 30.3 Å².